The Morgan fingerprint density at radius 2 is 1.68 bits per heavy atom. The van der Waals surface area contributed by atoms with Gasteiger partial charge < -0.3 is 15.2 Å². The van der Waals surface area contributed by atoms with Crippen LogP contribution >= 0.6 is 0 Å². The Labute approximate surface area is 178 Å². The van der Waals surface area contributed by atoms with Gasteiger partial charge in [-0.2, -0.15) is 0 Å². The molecule has 0 spiro atoms. The summed E-state index contributed by atoms with van der Waals surface area (Å²) >= 11 is 0. The van der Waals surface area contributed by atoms with Gasteiger partial charge in [0.2, 0.25) is 5.91 Å². The quantitative estimate of drug-likeness (QED) is 0.504. The molecule has 1 aliphatic rings. The number of rotatable bonds is 3. The molecule has 3 aromatic carbocycles. The summed E-state index contributed by atoms with van der Waals surface area (Å²) in [4.78, 5) is 31.6. The number of aromatic amines is 1. The van der Waals surface area contributed by atoms with E-state index in [9.17, 15) is 14.0 Å². The van der Waals surface area contributed by atoms with Crippen molar-refractivity contribution in [2.45, 2.75) is 12.0 Å². The third-order valence-corrected chi connectivity index (χ3v) is 5.91. The highest BCUT2D eigenvalue weighted by Crippen LogP contribution is 2.44. The van der Waals surface area contributed by atoms with Crippen molar-refractivity contribution in [1.82, 2.24) is 9.88 Å². The number of para-hydroxylation sites is 1. The SMILES string of the molecule is CN1C(=O)c2ccccc2[C@@H](C(=O)Nc2ccc(F)cc2)[C@@H]1c1c[nH]c2ccccc12. The Kier molecular flexibility index (Phi) is 4.55. The first kappa shape index (κ1) is 19.1. The highest BCUT2D eigenvalue weighted by atomic mass is 19.1. The molecule has 0 radical (unpaired) electrons. The van der Waals surface area contributed by atoms with Crippen LogP contribution in [-0.4, -0.2) is 28.7 Å². The van der Waals surface area contributed by atoms with Crippen LogP contribution in [0.4, 0.5) is 10.1 Å². The van der Waals surface area contributed by atoms with Crippen molar-refractivity contribution in [2.75, 3.05) is 12.4 Å². The molecule has 2 heterocycles. The molecule has 0 aliphatic carbocycles. The molecule has 2 atom stereocenters. The molecule has 5 rings (SSSR count). The molecule has 6 heteroatoms. The number of amides is 2. The lowest BCUT2D eigenvalue weighted by Crippen LogP contribution is -2.44. The fraction of sp³-hybridized carbons (Fsp3) is 0.120. The summed E-state index contributed by atoms with van der Waals surface area (Å²) < 4.78 is 13.3. The maximum absolute atomic E-state index is 13.6. The van der Waals surface area contributed by atoms with Crippen LogP contribution in [0.5, 0.6) is 0 Å². The lowest BCUT2D eigenvalue weighted by atomic mass is 9.79. The number of hydrogen-bond acceptors (Lipinski definition) is 2. The zero-order valence-electron chi connectivity index (χ0n) is 16.8. The summed E-state index contributed by atoms with van der Waals surface area (Å²) in [7, 11) is 1.73. The molecule has 1 aromatic heterocycles. The topological polar surface area (TPSA) is 65.2 Å². The van der Waals surface area contributed by atoms with Crippen LogP contribution in [0, 0.1) is 5.82 Å². The second-order valence-electron chi connectivity index (χ2n) is 7.71. The highest BCUT2D eigenvalue weighted by Gasteiger charge is 2.43. The Bertz CT molecular complexity index is 1300. The van der Waals surface area contributed by atoms with Crippen LogP contribution in [0.25, 0.3) is 10.9 Å². The molecule has 2 amide bonds. The monoisotopic (exact) mass is 413 g/mol. The van der Waals surface area contributed by atoms with E-state index in [-0.39, 0.29) is 17.6 Å². The number of benzene rings is 3. The van der Waals surface area contributed by atoms with Crippen LogP contribution in [0.3, 0.4) is 0 Å². The van der Waals surface area contributed by atoms with Crippen molar-refractivity contribution in [3.05, 3.63) is 102 Å². The molecule has 154 valence electrons. The molecule has 0 unspecified atom stereocenters. The van der Waals surface area contributed by atoms with Gasteiger partial charge in [0.25, 0.3) is 5.91 Å². The van der Waals surface area contributed by atoms with Crippen molar-refractivity contribution in [1.29, 1.82) is 0 Å². The molecule has 31 heavy (non-hydrogen) atoms. The molecule has 4 aromatic rings. The summed E-state index contributed by atoms with van der Waals surface area (Å²) in [6, 6.07) is 20.2. The third kappa shape index (κ3) is 3.17. The first-order valence-electron chi connectivity index (χ1n) is 10.0. The van der Waals surface area contributed by atoms with Gasteiger partial charge in [-0.1, -0.05) is 36.4 Å². The summed E-state index contributed by atoms with van der Waals surface area (Å²) in [5, 5.41) is 3.87. The summed E-state index contributed by atoms with van der Waals surface area (Å²) in [5.74, 6) is -1.39. The van der Waals surface area contributed by atoms with Crippen molar-refractivity contribution in [2.24, 2.45) is 0 Å². The van der Waals surface area contributed by atoms with Gasteiger partial charge in [0.1, 0.15) is 5.82 Å². The molecule has 0 fully saturated rings. The summed E-state index contributed by atoms with van der Waals surface area (Å²) in [6.07, 6.45) is 1.87. The Hall–Kier alpha value is -3.93. The standard InChI is InChI=1S/C25H20FN3O2/c1-29-23(20-14-27-21-9-5-4-6-17(20)21)22(18-7-2-3-8-19(18)25(29)31)24(30)28-16-12-10-15(26)11-13-16/h2-14,22-23,27H,1H3,(H,28,30)/t22-,23+/m1/s1. The van der Waals surface area contributed by atoms with Crippen LogP contribution in [-0.2, 0) is 4.79 Å². The molecule has 5 nitrogen and oxygen atoms in total. The highest BCUT2D eigenvalue weighted by molar-refractivity contribution is 6.05. The van der Waals surface area contributed by atoms with Gasteiger partial charge in [-0.3, -0.25) is 9.59 Å². The van der Waals surface area contributed by atoms with Gasteiger partial charge in [0.15, 0.2) is 0 Å². The normalized spacial score (nSPS) is 18.1. The number of hydrogen-bond donors (Lipinski definition) is 2. The number of aromatic nitrogens is 1. The second-order valence-corrected chi connectivity index (χ2v) is 7.71. The number of carbonyl (C=O) groups is 2. The van der Waals surface area contributed by atoms with Gasteiger partial charge >= 0.3 is 0 Å². The van der Waals surface area contributed by atoms with E-state index in [2.05, 4.69) is 10.3 Å². The van der Waals surface area contributed by atoms with E-state index in [0.29, 0.717) is 16.8 Å². The molecule has 0 saturated carbocycles. The zero-order chi connectivity index (χ0) is 21.5. The second kappa shape index (κ2) is 7.40. The maximum atomic E-state index is 13.6. The molecular formula is C25H20FN3O2. The minimum atomic E-state index is -0.636. The van der Waals surface area contributed by atoms with Crippen molar-refractivity contribution < 1.29 is 14.0 Å². The minimum Gasteiger partial charge on any atom is -0.361 e. The predicted molar refractivity (Wildman–Crippen MR) is 117 cm³/mol. The van der Waals surface area contributed by atoms with E-state index in [0.717, 1.165) is 16.5 Å². The number of anilines is 1. The maximum Gasteiger partial charge on any atom is 0.254 e. The van der Waals surface area contributed by atoms with E-state index in [1.807, 2.05) is 42.6 Å². The van der Waals surface area contributed by atoms with E-state index < -0.39 is 12.0 Å². The molecule has 2 N–H and O–H groups in total. The van der Waals surface area contributed by atoms with Gasteiger partial charge in [0.05, 0.1) is 12.0 Å². The van der Waals surface area contributed by atoms with Crippen molar-refractivity contribution in [3.8, 4) is 0 Å². The Morgan fingerprint density at radius 3 is 2.48 bits per heavy atom. The van der Waals surface area contributed by atoms with E-state index in [1.54, 1.807) is 24.1 Å². The average molecular weight is 413 g/mol. The van der Waals surface area contributed by atoms with Gasteiger partial charge in [0, 0.05) is 41.0 Å². The van der Waals surface area contributed by atoms with Crippen LogP contribution in [0.1, 0.15) is 33.4 Å². The fourth-order valence-corrected chi connectivity index (χ4v) is 4.44. The lowest BCUT2D eigenvalue weighted by molar-refractivity contribution is -0.119. The molecular weight excluding hydrogens is 393 g/mol. The van der Waals surface area contributed by atoms with Gasteiger partial charge in [-0.05, 0) is 42.0 Å². The smallest absolute Gasteiger partial charge is 0.254 e. The van der Waals surface area contributed by atoms with Crippen LogP contribution in [0.2, 0.25) is 0 Å². The van der Waals surface area contributed by atoms with Crippen LogP contribution < -0.4 is 5.32 Å². The molecule has 0 bridgehead atoms. The average Bonchev–Trinajstić information content (AvgIpc) is 3.21. The van der Waals surface area contributed by atoms with Crippen molar-refractivity contribution >= 4 is 28.4 Å². The zero-order valence-corrected chi connectivity index (χ0v) is 16.8. The van der Waals surface area contributed by atoms with Gasteiger partial charge in [-0.25, -0.2) is 4.39 Å². The number of likely N-dealkylation sites (N-methyl/N-ethyl adjacent to an activating group) is 1. The fourth-order valence-electron chi connectivity index (χ4n) is 4.44. The first-order valence-corrected chi connectivity index (χ1v) is 10.0. The Balaban J connectivity index is 1.64. The van der Waals surface area contributed by atoms with Gasteiger partial charge in [-0.15, -0.1) is 0 Å². The number of carbonyl (C=O) groups excluding carboxylic acids is 2. The number of nitrogens with one attached hydrogen (secondary N) is 2. The molecule has 0 saturated heterocycles. The van der Waals surface area contributed by atoms with E-state index >= 15 is 0 Å². The Morgan fingerprint density at radius 1 is 0.968 bits per heavy atom. The van der Waals surface area contributed by atoms with Crippen molar-refractivity contribution in [3.63, 3.8) is 0 Å². The van der Waals surface area contributed by atoms with E-state index in [4.69, 9.17) is 0 Å². The van der Waals surface area contributed by atoms with E-state index in [1.165, 1.54) is 24.3 Å². The number of halogens is 1. The summed E-state index contributed by atoms with van der Waals surface area (Å²) in [6.45, 7) is 0. The summed E-state index contributed by atoms with van der Waals surface area (Å²) in [5.41, 5.74) is 3.51. The number of nitrogens with zero attached hydrogens (tertiary/aromatic N) is 1. The van der Waals surface area contributed by atoms with Crippen LogP contribution in [0.15, 0.2) is 79.0 Å². The minimum absolute atomic E-state index is 0.128. The number of H-pyrrole nitrogens is 1. The molecule has 1 aliphatic heterocycles. The largest absolute Gasteiger partial charge is 0.361 e. The predicted octanol–water partition coefficient (Wildman–Crippen LogP) is 4.86. The third-order valence-electron chi connectivity index (χ3n) is 5.91. The number of fused-ring (bicyclic) bond motifs is 2. The lowest BCUT2D eigenvalue weighted by Gasteiger charge is -2.39. The first-order chi connectivity index (χ1) is 15.0.